The van der Waals surface area contributed by atoms with Gasteiger partial charge in [-0.15, -0.1) is 12.4 Å². The Bertz CT molecular complexity index is 656. The molecular formula is C19H25BrClN3O. The van der Waals surface area contributed by atoms with Crippen LogP contribution in [0.2, 0.25) is 0 Å². The lowest BCUT2D eigenvalue weighted by atomic mass is 10.0. The van der Waals surface area contributed by atoms with Crippen molar-refractivity contribution in [3.63, 3.8) is 0 Å². The van der Waals surface area contributed by atoms with Crippen molar-refractivity contribution in [1.29, 1.82) is 0 Å². The number of nitrogens with one attached hydrogen (secondary N) is 1. The summed E-state index contributed by atoms with van der Waals surface area (Å²) in [4.78, 5) is 6.82. The first-order chi connectivity index (χ1) is 11.7. The number of aromatic nitrogens is 1. The number of hydrogen-bond donors (Lipinski definition) is 1. The van der Waals surface area contributed by atoms with E-state index in [1.807, 2.05) is 30.3 Å². The molecule has 0 amide bonds. The summed E-state index contributed by atoms with van der Waals surface area (Å²) in [5.41, 5.74) is 2.16. The van der Waals surface area contributed by atoms with E-state index in [2.05, 4.69) is 44.2 Å². The zero-order valence-electron chi connectivity index (χ0n) is 14.5. The van der Waals surface area contributed by atoms with Crippen LogP contribution in [0.4, 0.5) is 0 Å². The molecule has 1 N–H and O–H groups in total. The molecular weight excluding hydrogens is 402 g/mol. The number of pyridine rings is 1. The number of nitrogens with zero attached hydrogens (tertiary/aromatic N) is 2. The first-order valence-corrected chi connectivity index (χ1v) is 9.24. The van der Waals surface area contributed by atoms with Gasteiger partial charge in [0.25, 0.3) is 0 Å². The first-order valence-electron chi connectivity index (χ1n) is 8.45. The highest BCUT2D eigenvalue weighted by Crippen LogP contribution is 2.26. The minimum absolute atomic E-state index is 0. The van der Waals surface area contributed by atoms with Crippen LogP contribution in [0.3, 0.4) is 0 Å². The quantitative estimate of drug-likeness (QED) is 0.757. The van der Waals surface area contributed by atoms with Crippen LogP contribution in [0.5, 0.6) is 5.75 Å². The molecule has 3 rings (SSSR count). The Morgan fingerprint density at radius 1 is 1.32 bits per heavy atom. The Kier molecular flexibility index (Phi) is 8.16. The molecule has 1 atom stereocenters. The van der Waals surface area contributed by atoms with Crippen LogP contribution in [0, 0.1) is 0 Å². The van der Waals surface area contributed by atoms with Gasteiger partial charge in [0.05, 0.1) is 5.69 Å². The van der Waals surface area contributed by atoms with E-state index in [4.69, 9.17) is 4.74 Å². The SMILES string of the molecule is CNC1CCCN(Cc2cc(Br)ccc2OCc2ccccn2)C1.Cl. The fraction of sp³-hybridized carbons (Fsp3) is 0.421. The third-order valence-corrected chi connectivity index (χ3v) is 4.93. The van der Waals surface area contributed by atoms with Gasteiger partial charge < -0.3 is 10.1 Å². The molecule has 0 saturated carbocycles. The molecule has 2 aromatic rings. The van der Waals surface area contributed by atoms with E-state index in [0.29, 0.717) is 12.6 Å². The Labute approximate surface area is 164 Å². The molecule has 0 bridgehead atoms. The summed E-state index contributed by atoms with van der Waals surface area (Å²) < 4.78 is 7.14. The second kappa shape index (κ2) is 10.1. The third-order valence-electron chi connectivity index (χ3n) is 4.43. The number of likely N-dealkylation sites (tertiary alicyclic amines) is 1. The van der Waals surface area contributed by atoms with Crippen molar-refractivity contribution in [2.24, 2.45) is 0 Å². The van der Waals surface area contributed by atoms with E-state index in [1.165, 1.54) is 18.4 Å². The van der Waals surface area contributed by atoms with Crippen molar-refractivity contribution in [3.8, 4) is 5.75 Å². The summed E-state index contributed by atoms with van der Waals surface area (Å²) >= 11 is 3.58. The minimum atomic E-state index is 0. The molecule has 1 aromatic carbocycles. The fourth-order valence-corrected chi connectivity index (χ4v) is 3.53. The molecule has 1 aromatic heterocycles. The second-order valence-corrected chi connectivity index (χ2v) is 7.14. The Hall–Kier alpha value is -1.14. The van der Waals surface area contributed by atoms with E-state index in [-0.39, 0.29) is 12.4 Å². The highest BCUT2D eigenvalue weighted by Gasteiger charge is 2.19. The molecule has 2 heterocycles. The maximum atomic E-state index is 6.05. The number of rotatable bonds is 6. The lowest BCUT2D eigenvalue weighted by Crippen LogP contribution is -2.43. The zero-order valence-corrected chi connectivity index (χ0v) is 16.9. The van der Waals surface area contributed by atoms with Crippen LogP contribution >= 0.6 is 28.3 Å². The number of hydrogen-bond acceptors (Lipinski definition) is 4. The number of halogens is 2. The van der Waals surface area contributed by atoms with Crippen LogP contribution < -0.4 is 10.1 Å². The Morgan fingerprint density at radius 2 is 2.20 bits per heavy atom. The van der Waals surface area contributed by atoms with Gasteiger partial charge in [0.2, 0.25) is 0 Å². The van der Waals surface area contributed by atoms with Gasteiger partial charge in [-0.2, -0.15) is 0 Å². The van der Waals surface area contributed by atoms with Crippen LogP contribution in [-0.4, -0.2) is 36.1 Å². The van der Waals surface area contributed by atoms with Gasteiger partial charge in [0, 0.05) is 35.4 Å². The molecule has 1 fully saturated rings. The minimum Gasteiger partial charge on any atom is -0.487 e. The highest BCUT2D eigenvalue weighted by molar-refractivity contribution is 9.10. The lowest BCUT2D eigenvalue weighted by Gasteiger charge is -2.32. The van der Waals surface area contributed by atoms with Gasteiger partial charge in [0.1, 0.15) is 12.4 Å². The molecule has 4 nitrogen and oxygen atoms in total. The fourth-order valence-electron chi connectivity index (χ4n) is 3.12. The van der Waals surface area contributed by atoms with Crippen LogP contribution in [0.15, 0.2) is 47.1 Å². The van der Waals surface area contributed by atoms with Gasteiger partial charge in [-0.3, -0.25) is 9.88 Å². The molecule has 1 saturated heterocycles. The molecule has 1 unspecified atom stereocenters. The van der Waals surface area contributed by atoms with Gasteiger partial charge in [0.15, 0.2) is 0 Å². The molecule has 6 heteroatoms. The predicted molar refractivity (Wildman–Crippen MR) is 107 cm³/mol. The normalized spacial score (nSPS) is 17.8. The molecule has 0 aliphatic carbocycles. The molecule has 25 heavy (non-hydrogen) atoms. The number of likely N-dealkylation sites (N-methyl/N-ethyl adjacent to an activating group) is 1. The monoisotopic (exact) mass is 425 g/mol. The van der Waals surface area contributed by atoms with Crippen molar-refractivity contribution in [1.82, 2.24) is 15.2 Å². The van der Waals surface area contributed by atoms with Crippen molar-refractivity contribution < 1.29 is 4.74 Å². The summed E-state index contributed by atoms with van der Waals surface area (Å²) in [6.07, 6.45) is 4.30. The summed E-state index contributed by atoms with van der Waals surface area (Å²) in [6.45, 7) is 3.64. The van der Waals surface area contributed by atoms with E-state index >= 15 is 0 Å². The van der Waals surface area contributed by atoms with E-state index in [1.54, 1.807) is 6.20 Å². The van der Waals surface area contributed by atoms with Gasteiger partial charge in [-0.1, -0.05) is 22.0 Å². The smallest absolute Gasteiger partial charge is 0.130 e. The van der Waals surface area contributed by atoms with Gasteiger partial charge >= 0.3 is 0 Å². The summed E-state index contributed by atoms with van der Waals surface area (Å²) in [5, 5.41) is 3.40. The van der Waals surface area contributed by atoms with Crippen LogP contribution in [0.25, 0.3) is 0 Å². The number of benzene rings is 1. The largest absolute Gasteiger partial charge is 0.487 e. The topological polar surface area (TPSA) is 37.4 Å². The standard InChI is InChI=1S/C19H24BrN3O.ClH/c1-21-17-6-4-10-23(13-17)12-15-11-16(20)7-8-19(15)24-14-18-5-2-3-9-22-18;/h2-3,5,7-9,11,17,21H,4,6,10,12-14H2,1H3;1H. The molecule has 0 spiro atoms. The maximum Gasteiger partial charge on any atom is 0.130 e. The average Bonchev–Trinajstić information content (AvgIpc) is 2.62. The van der Waals surface area contributed by atoms with E-state index < -0.39 is 0 Å². The van der Waals surface area contributed by atoms with E-state index in [0.717, 1.165) is 35.6 Å². The summed E-state index contributed by atoms with van der Waals surface area (Å²) in [7, 11) is 2.05. The zero-order chi connectivity index (χ0) is 16.8. The molecule has 0 radical (unpaired) electrons. The van der Waals surface area contributed by atoms with Crippen LogP contribution in [0.1, 0.15) is 24.1 Å². The maximum absolute atomic E-state index is 6.05. The highest BCUT2D eigenvalue weighted by atomic mass is 79.9. The molecule has 136 valence electrons. The molecule has 1 aliphatic heterocycles. The average molecular weight is 427 g/mol. The van der Waals surface area contributed by atoms with Crippen molar-refractivity contribution in [2.75, 3.05) is 20.1 Å². The Balaban J connectivity index is 0.00000225. The summed E-state index contributed by atoms with van der Waals surface area (Å²) in [5.74, 6) is 0.940. The third kappa shape index (κ3) is 5.96. The summed E-state index contributed by atoms with van der Waals surface area (Å²) in [6, 6.07) is 12.7. The first kappa shape index (κ1) is 20.2. The van der Waals surface area contributed by atoms with Crippen molar-refractivity contribution >= 4 is 28.3 Å². The number of piperidine rings is 1. The Morgan fingerprint density at radius 3 is 2.96 bits per heavy atom. The second-order valence-electron chi connectivity index (χ2n) is 6.22. The van der Waals surface area contributed by atoms with Gasteiger partial charge in [-0.05, 0) is 56.8 Å². The lowest BCUT2D eigenvalue weighted by molar-refractivity contribution is 0.184. The van der Waals surface area contributed by atoms with Crippen molar-refractivity contribution in [3.05, 3.63) is 58.3 Å². The predicted octanol–water partition coefficient (Wildman–Crippen LogP) is 4.03. The number of ether oxygens (including phenoxy) is 1. The van der Waals surface area contributed by atoms with E-state index in [9.17, 15) is 0 Å². The molecule has 1 aliphatic rings. The van der Waals surface area contributed by atoms with Crippen LogP contribution in [-0.2, 0) is 13.2 Å². The van der Waals surface area contributed by atoms with Crippen molar-refractivity contribution in [2.45, 2.75) is 32.0 Å². The van der Waals surface area contributed by atoms with Gasteiger partial charge in [-0.25, -0.2) is 0 Å².